The van der Waals surface area contributed by atoms with Crippen LogP contribution in [0.1, 0.15) is 12.8 Å². The molecule has 0 radical (unpaired) electrons. The van der Waals surface area contributed by atoms with E-state index in [2.05, 4.69) is 0 Å². The molecule has 1 heterocycles. The van der Waals surface area contributed by atoms with Gasteiger partial charge < -0.3 is 9.47 Å². The number of hydrogen-bond donors (Lipinski definition) is 0. The lowest BCUT2D eigenvalue weighted by Gasteiger charge is -2.06. The van der Waals surface area contributed by atoms with E-state index in [0.717, 1.165) is 26.2 Å². The van der Waals surface area contributed by atoms with Crippen molar-refractivity contribution in [3.8, 4) is 6.07 Å². The molecule has 0 spiro atoms. The molecule has 1 unspecified atom stereocenters. The number of rotatable bonds is 4. The first-order valence-corrected chi connectivity index (χ1v) is 3.96. The van der Waals surface area contributed by atoms with E-state index in [-0.39, 0.29) is 0 Å². The Hall–Kier alpha value is -0.590. The Morgan fingerprint density at radius 3 is 3.18 bits per heavy atom. The van der Waals surface area contributed by atoms with Gasteiger partial charge in [-0.15, -0.1) is 0 Å². The zero-order valence-corrected chi connectivity index (χ0v) is 6.58. The molecule has 1 aliphatic rings. The summed E-state index contributed by atoms with van der Waals surface area (Å²) in [6.45, 7) is 3.01. The molecule has 0 aromatic carbocycles. The van der Waals surface area contributed by atoms with E-state index in [9.17, 15) is 0 Å². The zero-order chi connectivity index (χ0) is 7.94. The van der Waals surface area contributed by atoms with Gasteiger partial charge in [-0.2, -0.15) is 5.26 Å². The molecule has 0 aromatic rings. The highest BCUT2D eigenvalue weighted by atomic mass is 16.5. The molecule has 1 fully saturated rings. The van der Waals surface area contributed by atoms with Gasteiger partial charge in [-0.3, -0.25) is 0 Å². The van der Waals surface area contributed by atoms with Crippen LogP contribution in [0.2, 0.25) is 0 Å². The second-order valence-corrected chi connectivity index (χ2v) is 2.71. The summed E-state index contributed by atoms with van der Waals surface area (Å²) in [6.07, 6.45) is 1.60. The summed E-state index contributed by atoms with van der Waals surface area (Å²) in [5.41, 5.74) is 0. The Morgan fingerprint density at radius 2 is 2.55 bits per heavy atom. The third kappa shape index (κ3) is 3.35. The topological polar surface area (TPSA) is 42.2 Å². The largest absolute Gasteiger partial charge is 0.381 e. The molecule has 0 saturated carbocycles. The standard InChI is InChI=1S/C8H13NO2/c9-3-1-4-10-6-8-2-5-11-7-8/h8H,1-2,4-7H2. The average Bonchev–Trinajstić information content (AvgIpc) is 2.50. The van der Waals surface area contributed by atoms with Gasteiger partial charge in [0.15, 0.2) is 0 Å². The molecule has 0 aliphatic carbocycles. The summed E-state index contributed by atoms with van der Waals surface area (Å²) >= 11 is 0. The van der Waals surface area contributed by atoms with Crippen molar-refractivity contribution in [2.75, 3.05) is 26.4 Å². The van der Waals surface area contributed by atoms with Gasteiger partial charge >= 0.3 is 0 Å². The third-order valence-corrected chi connectivity index (χ3v) is 1.74. The first kappa shape index (κ1) is 8.51. The van der Waals surface area contributed by atoms with Gasteiger partial charge in [-0.05, 0) is 6.42 Å². The fourth-order valence-corrected chi connectivity index (χ4v) is 1.08. The molecule has 1 saturated heterocycles. The maximum Gasteiger partial charge on any atom is 0.0645 e. The number of nitriles is 1. The summed E-state index contributed by atoms with van der Waals surface area (Å²) in [5.74, 6) is 0.564. The van der Waals surface area contributed by atoms with Crippen LogP contribution in [0.3, 0.4) is 0 Å². The second-order valence-electron chi connectivity index (χ2n) is 2.71. The minimum atomic E-state index is 0.494. The van der Waals surface area contributed by atoms with Crippen molar-refractivity contribution in [2.45, 2.75) is 12.8 Å². The Bertz CT molecular complexity index is 136. The predicted molar refractivity (Wildman–Crippen MR) is 40.0 cm³/mol. The molecular formula is C8H13NO2. The van der Waals surface area contributed by atoms with E-state index < -0.39 is 0 Å². The molecule has 11 heavy (non-hydrogen) atoms. The SMILES string of the molecule is N#CCCOCC1CCOC1. The van der Waals surface area contributed by atoms with Crippen LogP contribution in [-0.4, -0.2) is 26.4 Å². The zero-order valence-electron chi connectivity index (χ0n) is 6.58. The van der Waals surface area contributed by atoms with Crippen LogP contribution in [0.4, 0.5) is 0 Å². The fourth-order valence-electron chi connectivity index (χ4n) is 1.08. The lowest BCUT2D eigenvalue weighted by atomic mass is 10.1. The smallest absolute Gasteiger partial charge is 0.0645 e. The minimum absolute atomic E-state index is 0.494. The molecule has 0 aromatic heterocycles. The van der Waals surface area contributed by atoms with Crippen LogP contribution in [0, 0.1) is 17.2 Å². The van der Waals surface area contributed by atoms with E-state index in [0.29, 0.717) is 18.9 Å². The van der Waals surface area contributed by atoms with Gasteiger partial charge in [0.05, 0.1) is 32.3 Å². The van der Waals surface area contributed by atoms with Crippen molar-refractivity contribution in [3.63, 3.8) is 0 Å². The lowest BCUT2D eigenvalue weighted by Crippen LogP contribution is -2.09. The Kier molecular flexibility index (Phi) is 3.95. The molecular weight excluding hydrogens is 142 g/mol. The monoisotopic (exact) mass is 155 g/mol. The Labute approximate surface area is 66.9 Å². The molecule has 0 N–H and O–H groups in total. The number of ether oxygens (including phenoxy) is 2. The summed E-state index contributed by atoms with van der Waals surface area (Å²) in [7, 11) is 0. The van der Waals surface area contributed by atoms with Crippen molar-refractivity contribution >= 4 is 0 Å². The van der Waals surface area contributed by atoms with E-state index >= 15 is 0 Å². The van der Waals surface area contributed by atoms with E-state index in [4.69, 9.17) is 14.7 Å². The summed E-state index contributed by atoms with van der Waals surface area (Å²) < 4.78 is 10.4. The van der Waals surface area contributed by atoms with Crippen molar-refractivity contribution in [2.24, 2.45) is 5.92 Å². The van der Waals surface area contributed by atoms with Crippen LogP contribution in [0.25, 0.3) is 0 Å². The van der Waals surface area contributed by atoms with Gasteiger partial charge in [0.25, 0.3) is 0 Å². The van der Waals surface area contributed by atoms with Gasteiger partial charge in [0.2, 0.25) is 0 Å². The number of nitrogens with zero attached hydrogens (tertiary/aromatic N) is 1. The second kappa shape index (κ2) is 5.11. The Balaban J connectivity index is 1.90. The summed E-state index contributed by atoms with van der Waals surface area (Å²) in [6, 6.07) is 2.04. The Morgan fingerprint density at radius 1 is 1.64 bits per heavy atom. The van der Waals surface area contributed by atoms with Crippen LogP contribution < -0.4 is 0 Å². The highest BCUT2D eigenvalue weighted by Crippen LogP contribution is 2.11. The van der Waals surface area contributed by atoms with Crippen LogP contribution in [0.5, 0.6) is 0 Å². The average molecular weight is 155 g/mol. The van der Waals surface area contributed by atoms with Crippen molar-refractivity contribution in [1.29, 1.82) is 5.26 Å². The molecule has 3 nitrogen and oxygen atoms in total. The highest BCUT2D eigenvalue weighted by Gasteiger charge is 2.14. The van der Waals surface area contributed by atoms with Gasteiger partial charge in [0, 0.05) is 12.5 Å². The molecule has 0 amide bonds. The first-order chi connectivity index (χ1) is 5.43. The maximum absolute atomic E-state index is 8.20. The molecule has 1 atom stereocenters. The molecule has 1 rings (SSSR count). The van der Waals surface area contributed by atoms with Crippen LogP contribution in [0.15, 0.2) is 0 Å². The molecule has 62 valence electrons. The van der Waals surface area contributed by atoms with E-state index in [1.54, 1.807) is 0 Å². The van der Waals surface area contributed by atoms with Crippen molar-refractivity contribution in [1.82, 2.24) is 0 Å². The normalized spacial score (nSPS) is 23.4. The van der Waals surface area contributed by atoms with Crippen molar-refractivity contribution < 1.29 is 9.47 Å². The van der Waals surface area contributed by atoms with E-state index in [1.807, 2.05) is 6.07 Å². The third-order valence-electron chi connectivity index (χ3n) is 1.74. The van der Waals surface area contributed by atoms with Gasteiger partial charge in [0.1, 0.15) is 0 Å². The fraction of sp³-hybridized carbons (Fsp3) is 0.875. The molecule has 1 aliphatic heterocycles. The lowest BCUT2D eigenvalue weighted by molar-refractivity contribution is 0.0935. The quantitative estimate of drug-likeness (QED) is 0.568. The van der Waals surface area contributed by atoms with Crippen LogP contribution >= 0.6 is 0 Å². The summed E-state index contributed by atoms with van der Waals surface area (Å²) in [4.78, 5) is 0. The minimum Gasteiger partial charge on any atom is -0.381 e. The number of hydrogen-bond acceptors (Lipinski definition) is 3. The van der Waals surface area contributed by atoms with E-state index in [1.165, 1.54) is 0 Å². The van der Waals surface area contributed by atoms with Crippen LogP contribution in [-0.2, 0) is 9.47 Å². The molecule has 3 heteroatoms. The highest BCUT2D eigenvalue weighted by molar-refractivity contribution is 4.68. The predicted octanol–water partition coefficient (Wildman–Crippen LogP) is 0.953. The van der Waals surface area contributed by atoms with Gasteiger partial charge in [-0.25, -0.2) is 0 Å². The van der Waals surface area contributed by atoms with Gasteiger partial charge in [-0.1, -0.05) is 0 Å². The first-order valence-electron chi connectivity index (χ1n) is 3.96. The summed E-state index contributed by atoms with van der Waals surface area (Å²) in [5, 5.41) is 8.20. The maximum atomic E-state index is 8.20. The van der Waals surface area contributed by atoms with Crippen molar-refractivity contribution in [3.05, 3.63) is 0 Å². The molecule has 0 bridgehead atoms.